The van der Waals surface area contributed by atoms with Gasteiger partial charge < -0.3 is 9.64 Å². The molecule has 1 aromatic heterocycles. The van der Waals surface area contributed by atoms with Gasteiger partial charge in [-0.25, -0.2) is 9.48 Å². The van der Waals surface area contributed by atoms with Crippen LogP contribution in [0.25, 0.3) is 0 Å². The highest BCUT2D eigenvalue weighted by Gasteiger charge is 2.32. The zero-order chi connectivity index (χ0) is 12.3. The fraction of sp³-hybridized carbons (Fsp3) is 0.800. The molecule has 7 nitrogen and oxygen atoms in total. The zero-order valence-corrected chi connectivity index (χ0v) is 10.2. The summed E-state index contributed by atoms with van der Waals surface area (Å²) in [6.07, 6.45) is 2.87. The van der Waals surface area contributed by atoms with Crippen LogP contribution in [0.5, 0.6) is 0 Å². The molecule has 2 rings (SSSR count). The number of carbonyl (C=O) groups is 1. The lowest BCUT2D eigenvalue weighted by atomic mass is 10.0. The number of nitrogens with zero attached hydrogens (tertiary/aromatic N) is 5. The van der Waals surface area contributed by atoms with Crippen LogP contribution in [0, 0.1) is 0 Å². The number of carbonyl (C=O) groups excluding carboxylic acids is 1. The van der Waals surface area contributed by atoms with Crippen LogP contribution in [0.4, 0.5) is 5.95 Å². The predicted octanol–water partition coefficient (Wildman–Crippen LogP) is 0.132. The molecule has 17 heavy (non-hydrogen) atoms. The first-order valence-electron chi connectivity index (χ1n) is 5.89. The van der Waals surface area contributed by atoms with E-state index in [-0.39, 0.29) is 12.0 Å². The summed E-state index contributed by atoms with van der Waals surface area (Å²) in [6, 6.07) is -0.256. The molecule has 1 saturated heterocycles. The van der Waals surface area contributed by atoms with Gasteiger partial charge in [0.05, 0.1) is 6.61 Å². The number of aryl methyl sites for hydroxylation is 1. The Morgan fingerprint density at radius 3 is 3.00 bits per heavy atom. The summed E-state index contributed by atoms with van der Waals surface area (Å²) in [5.41, 5.74) is 0. The number of aromatic nitrogens is 4. The zero-order valence-electron chi connectivity index (χ0n) is 10.2. The maximum atomic E-state index is 11.9. The second-order valence-electron chi connectivity index (χ2n) is 4.06. The van der Waals surface area contributed by atoms with E-state index in [0.717, 1.165) is 25.8 Å². The first kappa shape index (κ1) is 11.8. The van der Waals surface area contributed by atoms with Crippen LogP contribution in [-0.2, 0) is 16.6 Å². The lowest BCUT2D eigenvalue weighted by Gasteiger charge is -2.33. The predicted molar refractivity (Wildman–Crippen MR) is 60.4 cm³/mol. The Bertz CT molecular complexity index is 392. The Balaban J connectivity index is 2.18. The number of rotatable bonds is 3. The number of esters is 1. The molecule has 0 amide bonds. The van der Waals surface area contributed by atoms with Gasteiger partial charge >= 0.3 is 5.97 Å². The Kier molecular flexibility index (Phi) is 3.55. The molecule has 1 atom stereocenters. The van der Waals surface area contributed by atoms with Crippen LogP contribution in [0.15, 0.2) is 0 Å². The summed E-state index contributed by atoms with van der Waals surface area (Å²) in [5, 5.41) is 11.4. The third-order valence-electron chi connectivity index (χ3n) is 2.92. The van der Waals surface area contributed by atoms with Gasteiger partial charge in [-0.1, -0.05) is 5.10 Å². The number of hydrogen-bond donors (Lipinski definition) is 0. The van der Waals surface area contributed by atoms with E-state index in [1.54, 1.807) is 11.7 Å². The SMILES string of the molecule is CCOC(=O)C1CCCCN1c1nnnn1C. The van der Waals surface area contributed by atoms with Crippen LogP contribution in [-0.4, -0.2) is 45.4 Å². The summed E-state index contributed by atoms with van der Waals surface area (Å²) in [6.45, 7) is 3.01. The van der Waals surface area contributed by atoms with E-state index in [2.05, 4.69) is 15.5 Å². The van der Waals surface area contributed by atoms with Gasteiger partial charge in [-0.3, -0.25) is 0 Å². The molecule has 0 saturated carbocycles. The quantitative estimate of drug-likeness (QED) is 0.698. The van der Waals surface area contributed by atoms with E-state index in [9.17, 15) is 4.79 Å². The van der Waals surface area contributed by atoms with Crippen LogP contribution in [0.2, 0.25) is 0 Å². The van der Waals surface area contributed by atoms with Crippen molar-refractivity contribution in [1.29, 1.82) is 0 Å². The van der Waals surface area contributed by atoms with Crippen molar-refractivity contribution in [1.82, 2.24) is 20.2 Å². The summed E-state index contributed by atoms with van der Waals surface area (Å²) in [5.74, 6) is 0.443. The molecule has 1 aliphatic rings. The molecule has 0 aromatic carbocycles. The molecule has 1 aromatic rings. The van der Waals surface area contributed by atoms with Gasteiger partial charge in [-0.15, -0.1) is 0 Å². The molecule has 0 spiro atoms. The summed E-state index contributed by atoms with van der Waals surface area (Å²) < 4.78 is 6.67. The first-order valence-corrected chi connectivity index (χ1v) is 5.89. The number of hydrogen-bond acceptors (Lipinski definition) is 6. The van der Waals surface area contributed by atoms with Crippen molar-refractivity contribution in [2.24, 2.45) is 7.05 Å². The van der Waals surface area contributed by atoms with Crippen LogP contribution < -0.4 is 4.90 Å². The van der Waals surface area contributed by atoms with Gasteiger partial charge in [0.1, 0.15) is 6.04 Å². The molecular formula is C10H17N5O2. The van der Waals surface area contributed by atoms with Gasteiger partial charge in [0.2, 0.25) is 5.95 Å². The van der Waals surface area contributed by atoms with E-state index in [0.29, 0.717) is 12.6 Å². The van der Waals surface area contributed by atoms with E-state index < -0.39 is 0 Å². The third kappa shape index (κ3) is 2.37. The Labute approximate surface area is 99.7 Å². The maximum absolute atomic E-state index is 11.9. The number of anilines is 1. The second-order valence-corrected chi connectivity index (χ2v) is 4.06. The fourth-order valence-corrected chi connectivity index (χ4v) is 2.12. The van der Waals surface area contributed by atoms with E-state index in [4.69, 9.17) is 4.74 Å². The molecular weight excluding hydrogens is 222 g/mol. The van der Waals surface area contributed by atoms with Crippen molar-refractivity contribution < 1.29 is 9.53 Å². The van der Waals surface area contributed by atoms with Crippen molar-refractivity contribution in [2.45, 2.75) is 32.2 Å². The Hall–Kier alpha value is -1.66. The summed E-state index contributed by atoms with van der Waals surface area (Å²) >= 11 is 0. The molecule has 1 aliphatic heterocycles. The molecule has 94 valence electrons. The minimum absolute atomic E-state index is 0.185. The smallest absolute Gasteiger partial charge is 0.328 e. The number of piperidine rings is 1. The average molecular weight is 239 g/mol. The molecule has 0 bridgehead atoms. The normalized spacial score (nSPS) is 20.4. The average Bonchev–Trinajstić information content (AvgIpc) is 2.76. The summed E-state index contributed by atoms with van der Waals surface area (Å²) in [4.78, 5) is 13.8. The second kappa shape index (κ2) is 5.11. The lowest BCUT2D eigenvalue weighted by Crippen LogP contribution is -2.46. The van der Waals surface area contributed by atoms with Gasteiger partial charge in [0, 0.05) is 13.6 Å². The highest BCUT2D eigenvalue weighted by Crippen LogP contribution is 2.22. The highest BCUT2D eigenvalue weighted by molar-refractivity contribution is 5.79. The lowest BCUT2D eigenvalue weighted by molar-refractivity contribution is -0.145. The largest absolute Gasteiger partial charge is 0.464 e. The molecule has 1 fully saturated rings. The molecule has 1 unspecified atom stereocenters. The molecule has 0 aliphatic carbocycles. The van der Waals surface area contributed by atoms with Crippen molar-refractivity contribution in [3.8, 4) is 0 Å². The van der Waals surface area contributed by atoms with Crippen LogP contribution in [0.3, 0.4) is 0 Å². The molecule has 2 heterocycles. The summed E-state index contributed by atoms with van der Waals surface area (Å²) in [7, 11) is 1.77. The fourth-order valence-electron chi connectivity index (χ4n) is 2.12. The standard InChI is InChI=1S/C10H17N5O2/c1-3-17-9(16)8-6-4-5-7-15(8)10-11-12-13-14(10)2/h8H,3-7H2,1-2H3. The molecule has 7 heteroatoms. The molecule has 0 N–H and O–H groups in total. The van der Waals surface area contributed by atoms with E-state index in [1.165, 1.54) is 0 Å². The van der Waals surface area contributed by atoms with Crippen molar-refractivity contribution in [3.05, 3.63) is 0 Å². The minimum atomic E-state index is -0.256. The van der Waals surface area contributed by atoms with E-state index >= 15 is 0 Å². The van der Waals surface area contributed by atoms with Crippen molar-refractivity contribution in [2.75, 3.05) is 18.1 Å². The number of tetrazole rings is 1. The van der Waals surface area contributed by atoms with Gasteiger partial charge in [-0.05, 0) is 36.6 Å². The monoisotopic (exact) mass is 239 g/mol. The Morgan fingerprint density at radius 2 is 2.35 bits per heavy atom. The van der Waals surface area contributed by atoms with Gasteiger partial charge in [-0.2, -0.15) is 0 Å². The first-order chi connectivity index (χ1) is 8.24. The third-order valence-corrected chi connectivity index (χ3v) is 2.92. The van der Waals surface area contributed by atoms with Gasteiger partial charge in [0.25, 0.3) is 0 Å². The van der Waals surface area contributed by atoms with Crippen molar-refractivity contribution in [3.63, 3.8) is 0 Å². The van der Waals surface area contributed by atoms with E-state index in [1.807, 2.05) is 11.8 Å². The van der Waals surface area contributed by atoms with Crippen LogP contribution in [0.1, 0.15) is 26.2 Å². The number of ether oxygens (including phenoxy) is 1. The Morgan fingerprint density at radius 1 is 1.53 bits per heavy atom. The minimum Gasteiger partial charge on any atom is -0.464 e. The van der Waals surface area contributed by atoms with Gasteiger partial charge in [0.15, 0.2) is 0 Å². The van der Waals surface area contributed by atoms with Crippen molar-refractivity contribution >= 4 is 11.9 Å². The molecule has 0 radical (unpaired) electrons. The topological polar surface area (TPSA) is 73.1 Å². The van der Waals surface area contributed by atoms with Crippen LogP contribution >= 0.6 is 0 Å². The maximum Gasteiger partial charge on any atom is 0.328 e. The highest BCUT2D eigenvalue weighted by atomic mass is 16.5.